The third-order valence-electron chi connectivity index (χ3n) is 2.24. The van der Waals surface area contributed by atoms with Gasteiger partial charge in [0.15, 0.2) is 6.04 Å². The van der Waals surface area contributed by atoms with Crippen LogP contribution in [-0.4, -0.2) is 57.8 Å². The number of aliphatic carboxylic acids is 1. The fraction of sp³-hybridized carbons (Fsp3) is 0.700. The summed E-state index contributed by atoms with van der Waals surface area (Å²) < 4.78 is 0. The van der Waals surface area contributed by atoms with Gasteiger partial charge in [-0.05, 0) is 20.8 Å². The van der Waals surface area contributed by atoms with Gasteiger partial charge in [0.25, 0.3) is 0 Å². The number of nitrogens with zero attached hydrogens (tertiary/aromatic N) is 1. The van der Waals surface area contributed by atoms with E-state index in [0.717, 1.165) is 4.90 Å². The van der Waals surface area contributed by atoms with Gasteiger partial charge in [-0.15, -0.1) is 0 Å². The third kappa shape index (κ3) is 5.00. The molecule has 2 atom stereocenters. The zero-order valence-electron chi connectivity index (χ0n) is 10.6. The lowest BCUT2D eigenvalue weighted by Gasteiger charge is -2.28. The number of carbonyl (C=O) groups excluding carboxylic acids is 2. The second kappa shape index (κ2) is 6.80. The van der Waals surface area contributed by atoms with Crippen molar-refractivity contribution >= 4 is 17.9 Å². The minimum Gasteiger partial charge on any atom is -0.480 e. The summed E-state index contributed by atoms with van der Waals surface area (Å²) in [6.07, 6.45) is -1.26. The van der Waals surface area contributed by atoms with E-state index < -0.39 is 30.1 Å². The van der Waals surface area contributed by atoms with E-state index >= 15 is 0 Å². The SMILES string of the molecule is CC(O)C(NC(=O)N(CC(N)=O)C(C)C)C(=O)O. The van der Waals surface area contributed by atoms with Crippen LogP contribution in [0.25, 0.3) is 0 Å². The number of primary amides is 1. The lowest BCUT2D eigenvalue weighted by Crippen LogP contribution is -2.55. The molecule has 0 aliphatic heterocycles. The molecule has 0 bridgehead atoms. The van der Waals surface area contributed by atoms with Gasteiger partial charge in [0, 0.05) is 6.04 Å². The Morgan fingerprint density at radius 1 is 1.28 bits per heavy atom. The smallest absolute Gasteiger partial charge is 0.328 e. The molecule has 8 heteroatoms. The largest absolute Gasteiger partial charge is 0.480 e. The summed E-state index contributed by atoms with van der Waals surface area (Å²) in [5.41, 5.74) is 4.99. The molecule has 0 aromatic carbocycles. The Labute approximate surface area is 105 Å². The van der Waals surface area contributed by atoms with Crippen molar-refractivity contribution in [1.82, 2.24) is 10.2 Å². The van der Waals surface area contributed by atoms with Gasteiger partial charge in [-0.1, -0.05) is 0 Å². The maximum absolute atomic E-state index is 11.8. The number of carboxylic acids is 1. The molecule has 0 heterocycles. The van der Waals surface area contributed by atoms with Crippen LogP contribution in [0.5, 0.6) is 0 Å². The fourth-order valence-electron chi connectivity index (χ4n) is 1.26. The van der Waals surface area contributed by atoms with Crippen LogP contribution in [0.2, 0.25) is 0 Å². The molecule has 0 aromatic heterocycles. The second-order valence-electron chi connectivity index (χ2n) is 4.19. The highest BCUT2D eigenvalue weighted by Crippen LogP contribution is 2.01. The number of rotatable bonds is 6. The Hall–Kier alpha value is -1.83. The second-order valence-corrected chi connectivity index (χ2v) is 4.19. The Balaban J connectivity index is 4.77. The first-order valence-corrected chi connectivity index (χ1v) is 5.43. The minimum absolute atomic E-state index is 0.324. The molecule has 0 aliphatic carbocycles. The Morgan fingerprint density at radius 2 is 1.78 bits per heavy atom. The molecule has 0 fully saturated rings. The first kappa shape index (κ1) is 16.2. The van der Waals surface area contributed by atoms with Crippen LogP contribution in [-0.2, 0) is 9.59 Å². The van der Waals surface area contributed by atoms with Gasteiger partial charge in [-0.3, -0.25) is 4.79 Å². The number of hydrogen-bond acceptors (Lipinski definition) is 4. The van der Waals surface area contributed by atoms with Crippen LogP contribution in [0.1, 0.15) is 20.8 Å². The Bertz CT molecular complexity index is 329. The van der Waals surface area contributed by atoms with Crippen molar-refractivity contribution in [2.24, 2.45) is 5.73 Å². The van der Waals surface area contributed by atoms with E-state index in [0.29, 0.717) is 0 Å². The maximum Gasteiger partial charge on any atom is 0.328 e. The summed E-state index contributed by atoms with van der Waals surface area (Å²) in [6, 6.07) is -2.54. The number of nitrogens with two attached hydrogens (primary N) is 1. The molecule has 18 heavy (non-hydrogen) atoms. The van der Waals surface area contributed by atoms with E-state index in [1.165, 1.54) is 6.92 Å². The highest BCUT2D eigenvalue weighted by Gasteiger charge is 2.28. The van der Waals surface area contributed by atoms with E-state index in [1.54, 1.807) is 13.8 Å². The van der Waals surface area contributed by atoms with E-state index in [1.807, 2.05) is 0 Å². The standard InChI is InChI=1S/C10H19N3O5/c1-5(2)13(4-7(11)15)10(18)12-8(6(3)14)9(16)17/h5-6,8,14H,4H2,1-3H3,(H2,11,15)(H,12,18)(H,16,17). The van der Waals surface area contributed by atoms with Gasteiger partial charge in [0.05, 0.1) is 6.10 Å². The van der Waals surface area contributed by atoms with Crippen LogP contribution in [0.15, 0.2) is 0 Å². The molecular weight excluding hydrogens is 242 g/mol. The molecule has 3 amide bonds. The molecule has 104 valence electrons. The van der Waals surface area contributed by atoms with Crippen molar-refractivity contribution in [2.75, 3.05) is 6.54 Å². The van der Waals surface area contributed by atoms with Crippen LogP contribution in [0.3, 0.4) is 0 Å². The van der Waals surface area contributed by atoms with Crippen LogP contribution >= 0.6 is 0 Å². The minimum atomic E-state index is -1.44. The van der Waals surface area contributed by atoms with Gasteiger partial charge in [-0.25, -0.2) is 9.59 Å². The fourth-order valence-corrected chi connectivity index (χ4v) is 1.26. The van der Waals surface area contributed by atoms with Crippen molar-refractivity contribution in [3.63, 3.8) is 0 Å². The molecule has 0 aromatic rings. The number of aliphatic hydroxyl groups is 1. The van der Waals surface area contributed by atoms with Gasteiger partial charge < -0.3 is 26.2 Å². The quantitative estimate of drug-likeness (QED) is 0.473. The highest BCUT2D eigenvalue weighted by atomic mass is 16.4. The summed E-state index contributed by atoms with van der Waals surface area (Å²) >= 11 is 0. The van der Waals surface area contributed by atoms with Gasteiger partial charge in [-0.2, -0.15) is 0 Å². The lowest BCUT2D eigenvalue weighted by molar-refractivity contribution is -0.141. The molecule has 0 spiro atoms. The van der Waals surface area contributed by atoms with Crippen molar-refractivity contribution in [1.29, 1.82) is 0 Å². The molecule has 0 saturated heterocycles. The molecule has 0 rings (SSSR count). The van der Waals surface area contributed by atoms with Gasteiger partial charge in [0.1, 0.15) is 6.54 Å². The molecule has 0 saturated carbocycles. The zero-order chi connectivity index (χ0) is 14.5. The first-order chi connectivity index (χ1) is 8.16. The Kier molecular flexibility index (Phi) is 6.11. The number of aliphatic hydroxyl groups excluding tert-OH is 1. The predicted octanol–water partition coefficient (Wildman–Crippen LogP) is -1.27. The van der Waals surface area contributed by atoms with Crippen molar-refractivity contribution in [2.45, 2.75) is 39.0 Å². The highest BCUT2D eigenvalue weighted by molar-refractivity contribution is 5.86. The number of urea groups is 1. The lowest BCUT2D eigenvalue weighted by atomic mass is 10.2. The van der Waals surface area contributed by atoms with E-state index in [2.05, 4.69) is 5.32 Å². The molecule has 5 N–H and O–H groups in total. The Morgan fingerprint density at radius 3 is 2.06 bits per heavy atom. The first-order valence-electron chi connectivity index (χ1n) is 5.43. The zero-order valence-corrected chi connectivity index (χ0v) is 10.6. The summed E-state index contributed by atoms with van der Waals surface area (Å²) in [7, 11) is 0. The molecule has 0 aliphatic rings. The summed E-state index contributed by atoms with van der Waals surface area (Å²) in [5.74, 6) is -2.07. The van der Waals surface area contributed by atoms with Gasteiger partial charge >= 0.3 is 12.0 Å². The average molecular weight is 261 g/mol. The normalized spacial score (nSPS) is 13.8. The molecular formula is C10H19N3O5. The van der Waals surface area contributed by atoms with Crippen molar-refractivity contribution in [3.8, 4) is 0 Å². The van der Waals surface area contributed by atoms with Gasteiger partial charge in [0.2, 0.25) is 5.91 Å². The number of hydrogen-bond donors (Lipinski definition) is 4. The van der Waals surface area contributed by atoms with Crippen LogP contribution in [0, 0.1) is 0 Å². The average Bonchev–Trinajstić information content (AvgIpc) is 2.20. The maximum atomic E-state index is 11.8. The molecule has 0 radical (unpaired) electrons. The monoisotopic (exact) mass is 261 g/mol. The number of nitrogens with one attached hydrogen (secondary N) is 1. The molecule has 2 unspecified atom stereocenters. The summed E-state index contributed by atoms with van der Waals surface area (Å²) in [6.45, 7) is 4.23. The number of amides is 3. The summed E-state index contributed by atoms with van der Waals surface area (Å²) in [5, 5.41) is 20.2. The van der Waals surface area contributed by atoms with E-state index in [9.17, 15) is 19.5 Å². The topological polar surface area (TPSA) is 133 Å². The van der Waals surface area contributed by atoms with Crippen LogP contribution in [0.4, 0.5) is 4.79 Å². The summed E-state index contributed by atoms with van der Waals surface area (Å²) in [4.78, 5) is 34.5. The third-order valence-corrected chi connectivity index (χ3v) is 2.24. The van der Waals surface area contributed by atoms with Crippen molar-refractivity contribution in [3.05, 3.63) is 0 Å². The number of carboxylic acid groups (broad SMARTS) is 1. The van der Waals surface area contributed by atoms with E-state index in [-0.39, 0.29) is 12.6 Å². The van der Waals surface area contributed by atoms with Crippen LogP contribution < -0.4 is 11.1 Å². The predicted molar refractivity (Wildman–Crippen MR) is 62.7 cm³/mol. The number of carbonyl (C=O) groups is 3. The molecule has 8 nitrogen and oxygen atoms in total. The van der Waals surface area contributed by atoms with E-state index in [4.69, 9.17) is 10.8 Å². The van der Waals surface area contributed by atoms with Crippen molar-refractivity contribution < 1.29 is 24.6 Å².